The van der Waals surface area contributed by atoms with Crippen molar-refractivity contribution in [3.8, 4) is 0 Å². The van der Waals surface area contributed by atoms with Gasteiger partial charge in [-0.3, -0.25) is 4.79 Å². The van der Waals surface area contributed by atoms with E-state index < -0.39 is 17.4 Å². The second kappa shape index (κ2) is 5.96. The number of carboxylic acids is 1. The van der Waals surface area contributed by atoms with Crippen LogP contribution in [0.15, 0.2) is 0 Å². The van der Waals surface area contributed by atoms with Gasteiger partial charge in [0.1, 0.15) is 0 Å². The Kier molecular flexibility index (Phi) is 4.67. The van der Waals surface area contributed by atoms with E-state index in [0.717, 1.165) is 12.8 Å². The molecule has 2 fully saturated rings. The van der Waals surface area contributed by atoms with E-state index in [-0.39, 0.29) is 11.3 Å². The van der Waals surface area contributed by atoms with Crippen LogP contribution in [0.3, 0.4) is 0 Å². The molecule has 114 valence electrons. The summed E-state index contributed by atoms with van der Waals surface area (Å²) in [4.78, 5) is 25.6. The van der Waals surface area contributed by atoms with Crippen molar-refractivity contribution in [2.45, 2.75) is 64.3 Å². The first-order chi connectivity index (χ1) is 9.32. The highest BCUT2D eigenvalue weighted by molar-refractivity contribution is 8.00. The zero-order valence-electron chi connectivity index (χ0n) is 12.6. The number of amides is 1. The smallest absolute Gasteiger partial charge is 0.229 e. The van der Waals surface area contributed by atoms with E-state index in [1.807, 2.05) is 20.8 Å². The SMILES string of the molecule is CC(C)(C)C(=O)N1[C@@H](C(=O)[O-])CS[C@H]1C1CCCCC1. The molecule has 1 amide bonds. The van der Waals surface area contributed by atoms with Gasteiger partial charge in [0.05, 0.1) is 17.4 Å². The minimum Gasteiger partial charge on any atom is -0.548 e. The Bertz CT molecular complexity index is 385. The van der Waals surface area contributed by atoms with Crippen LogP contribution in [0.2, 0.25) is 0 Å². The van der Waals surface area contributed by atoms with Gasteiger partial charge in [-0.1, -0.05) is 40.0 Å². The normalized spacial score (nSPS) is 28.6. The maximum absolute atomic E-state index is 12.7. The average Bonchev–Trinajstić information content (AvgIpc) is 2.82. The molecule has 2 rings (SSSR count). The van der Waals surface area contributed by atoms with Crippen molar-refractivity contribution in [2.24, 2.45) is 11.3 Å². The molecule has 1 heterocycles. The van der Waals surface area contributed by atoms with E-state index in [4.69, 9.17) is 0 Å². The highest BCUT2D eigenvalue weighted by atomic mass is 32.2. The number of carbonyl (C=O) groups is 2. The fraction of sp³-hybridized carbons (Fsp3) is 0.867. The van der Waals surface area contributed by atoms with Crippen LogP contribution >= 0.6 is 11.8 Å². The second-order valence-electron chi connectivity index (χ2n) is 6.92. The van der Waals surface area contributed by atoms with E-state index in [0.29, 0.717) is 11.7 Å². The molecule has 0 radical (unpaired) electrons. The Hall–Kier alpha value is -0.710. The second-order valence-corrected chi connectivity index (χ2v) is 8.07. The lowest BCUT2D eigenvalue weighted by Crippen LogP contribution is -2.55. The number of thioether (sulfide) groups is 1. The predicted molar refractivity (Wildman–Crippen MR) is 77.9 cm³/mol. The summed E-state index contributed by atoms with van der Waals surface area (Å²) in [5.74, 6) is -0.282. The molecule has 4 nitrogen and oxygen atoms in total. The number of hydrogen-bond donors (Lipinski definition) is 0. The van der Waals surface area contributed by atoms with Crippen LogP contribution in [-0.4, -0.2) is 33.9 Å². The number of carboxylic acid groups (broad SMARTS) is 1. The van der Waals surface area contributed by atoms with Crippen LogP contribution in [0.5, 0.6) is 0 Å². The van der Waals surface area contributed by atoms with Gasteiger partial charge >= 0.3 is 0 Å². The van der Waals surface area contributed by atoms with E-state index >= 15 is 0 Å². The van der Waals surface area contributed by atoms with Crippen molar-refractivity contribution in [2.75, 3.05) is 5.75 Å². The average molecular weight is 298 g/mol. The van der Waals surface area contributed by atoms with Gasteiger partial charge in [0.25, 0.3) is 0 Å². The van der Waals surface area contributed by atoms with Crippen LogP contribution in [0.1, 0.15) is 52.9 Å². The van der Waals surface area contributed by atoms with E-state index in [9.17, 15) is 14.7 Å². The molecule has 0 aromatic carbocycles. The third kappa shape index (κ3) is 3.13. The Balaban J connectivity index is 2.22. The number of nitrogens with zero attached hydrogens (tertiary/aromatic N) is 1. The summed E-state index contributed by atoms with van der Waals surface area (Å²) in [7, 11) is 0. The highest BCUT2D eigenvalue weighted by Crippen LogP contribution is 2.42. The fourth-order valence-corrected chi connectivity index (χ4v) is 4.76. The topological polar surface area (TPSA) is 60.4 Å². The summed E-state index contributed by atoms with van der Waals surface area (Å²) in [6, 6.07) is -0.765. The van der Waals surface area contributed by atoms with Crippen LogP contribution in [0.25, 0.3) is 0 Å². The Morgan fingerprint density at radius 2 is 1.75 bits per heavy atom. The minimum atomic E-state index is -1.12. The van der Waals surface area contributed by atoms with Gasteiger partial charge in [-0.25, -0.2) is 0 Å². The minimum absolute atomic E-state index is 0.0184. The molecule has 20 heavy (non-hydrogen) atoms. The van der Waals surface area contributed by atoms with Gasteiger partial charge in [-0.2, -0.15) is 0 Å². The third-order valence-electron chi connectivity index (χ3n) is 4.24. The summed E-state index contributed by atoms with van der Waals surface area (Å²) in [6.07, 6.45) is 5.84. The van der Waals surface area contributed by atoms with Crippen LogP contribution in [-0.2, 0) is 9.59 Å². The Labute approximate surface area is 125 Å². The van der Waals surface area contributed by atoms with E-state index in [2.05, 4.69) is 0 Å². The monoisotopic (exact) mass is 298 g/mol. The van der Waals surface area contributed by atoms with Gasteiger partial charge in [0.15, 0.2) is 0 Å². The maximum atomic E-state index is 12.7. The van der Waals surface area contributed by atoms with Crippen molar-refractivity contribution < 1.29 is 14.7 Å². The van der Waals surface area contributed by atoms with Crippen molar-refractivity contribution in [3.63, 3.8) is 0 Å². The molecule has 2 aliphatic rings. The molecule has 1 aliphatic carbocycles. The number of hydrogen-bond acceptors (Lipinski definition) is 4. The first-order valence-corrected chi connectivity index (χ1v) is 8.52. The van der Waals surface area contributed by atoms with Gasteiger partial charge < -0.3 is 14.8 Å². The van der Waals surface area contributed by atoms with Crippen molar-refractivity contribution in [1.29, 1.82) is 0 Å². The lowest BCUT2D eigenvalue weighted by atomic mass is 9.87. The Morgan fingerprint density at radius 3 is 2.25 bits per heavy atom. The van der Waals surface area contributed by atoms with Gasteiger partial charge in [0.2, 0.25) is 5.91 Å². The fourth-order valence-electron chi connectivity index (χ4n) is 3.14. The molecule has 0 spiro atoms. The lowest BCUT2D eigenvalue weighted by Gasteiger charge is -2.39. The standard InChI is InChI=1S/C15H25NO3S/c1-15(2,3)14(19)16-11(13(17)18)9-20-12(16)10-7-5-4-6-8-10/h10-12H,4-9H2,1-3H3,(H,17,18)/p-1/t11-,12+/m1/s1. The van der Waals surface area contributed by atoms with Crippen LogP contribution in [0, 0.1) is 11.3 Å². The molecule has 1 saturated heterocycles. The molecule has 0 aromatic heterocycles. The van der Waals surface area contributed by atoms with Gasteiger partial charge in [0, 0.05) is 11.2 Å². The zero-order chi connectivity index (χ0) is 14.9. The first kappa shape index (κ1) is 15.7. The quantitative estimate of drug-likeness (QED) is 0.777. The lowest BCUT2D eigenvalue weighted by molar-refractivity contribution is -0.310. The molecule has 0 unspecified atom stereocenters. The number of carbonyl (C=O) groups excluding carboxylic acids is 2. The van der Waals surface area contributed by atoms with E-state index in [1.54, 1.807) is 16.7 Å². The zero-order valence-corrected chi connectivity index (χ0v) is 13.4. The predicted octanol–water partition coefficient (Wildman–Crippen LogP) is 1.63. The summed E-state index contributed by atoms with van der Waals surface area (Å²) < 4.78 is 0. The van der Waals surface area contributed by atoms with Crippen LogP contribution < -0.4 is 5.11 Å². The molecule has 0 aromatic rings. The van der Waals surface area contributed by atoms with Gasteiger partial charge in [-0.05, 0) is 18.8 Å². The largest absolute Gasteiger partial charge is 0.548 e. The molecular weight excluding hydrogens is 274 g/mol. The first-order valence-electron chi connectivity index (χ1n) is 7.47. The number of aliphatic carboxylic acids is 1. The molecule has 0 N–H and O–H groups in total. The molecule has 5 heteroatoms. The Morgan fingerprint density at radius 1 is 1.15 bits per heavy atom. The summed E-state index contributed by atoms with van der Waals surface area (Å²) >= 11 is 1.62. The summed E-state index contributed by atoms with van der Waals surface area (Å²) in [6.45, 7) is 5.55. The maximum Gasteiger partial charge on any atom is 0.229 e. The molecule has 1 saturated carbocycles. The van der Waals surface area contributed by atoms with E-state index in [1.165, 1.54) is 19.3 Å². The number of rotatable bonds is 2. The third-order valence-corrected chi connectivity index (χ3v) is 5.70. The summed E-state index contributed by atoms with van der Waals surface area (Å²) in [5, 5.41) is 11.4. The molecule has 1 aliphatic heterocycles. The van der Waals surface area contributed by atoms with Crippen LogP contribution in [0.4, 0.5) is 0 Å². The van der Waals surface area contributed by atoms with Gasteiger partial charge in [-0.15, -0.1) is 11.8 Å². The van der Waals surface area contributed by atoms with Crippen molar-refractivity contribution in [3.05, 3.63) is 0 Å². The summed E-state index contributed by atoms with van der Waals surface area (Å²) in [5.41, 5.74) is -0.550. The molecular formula is C15H24NO3S-. The van der Waals surface area contributed by atoms with Crippen molar-refractivity contribution >= 4 is 23.6 Å². The van der Waals surface area contributed by atoms with Crippen molar-refractivity contribution in [1.82, 2.24) is 4.90 Å². The molecule has 2 atom stereocenters. The highest BCUT2D eigenvalue weighted by Gasteiger charge is 2.45. The molecule has 0 bridgehead atoms.